The first-order valence-electron chi connectivity index (χ1n) is 6.23. The van der Waals surface area contributed by atoms with Crippen molar-refractivity contribution in [3.05, 3.63) is 0 Å². The van der Waals surface area contributed by atoms with Gasteiger partial charge in [0.1, 0.15) is 0 Å². The van der Waals surface area contributed by atoms with Crippen LogP contribution >= 0.6 is 0 Å². The molecule has 0 aromatic heterocycles. The third-order valence-electron chi connectivity index (χ3n) is 2.66. The summed E-state index contributed by atoms with van der Waals surface area (Å²) in [6.07, 6.45) is 2.54. The van der Waals surface area contributed by atoms with Crippen LogP contribution in [0.4, 0.5) is 0 Å². The Hall–Kier alpha value is -1.10. The summed E-state index contributed by atoms with van der Waals surface area (Å²) in [5.74, 6) is 0.611. The summed E-state index contributed by atoms with van der Waals surface area (Å²) in [7, 11) is 1.65. The predicted molar refractivity (Wildman–Crippen MR) is 66.5 cm³/mol. The molecule has 0 unspecified atom stereocenters. The lowest BCUT2D eigenvalue weighted by atomic mass is 10.3. The minimum absolute atomic E-state index is 0.0374. The largest absolute Gasteiger partial charge is 0.352 e. The van der Waals surface area contributed by atoms with Gasteiger partial charge < -0.3 is 15.5 Å². The van der Waals surface area contributed by atoms with Gasteiger partial charge in [-0.25, -0.2) is 0 Å². The number of likely N-dealkylation sites (N-methyl/N-ethyl adjacent to an activating group) is 1. The lowest BCUT2D eigenvalue weighted by molar-refractivity contribution is -0.134. The normalized spacial score (nSPS) is 14.8. The minimum Gasteiger partial charge on any atom is -0.352 e. The Labute approximate surface area is 103 Å². The van der Waals surface area contributed by atoms with E-state index >= 15 is 0 Å². The van der Waals surface area contributed by atoms with Gasteiger partial charge in [-0.2, -0.15) is 0 Å². The summed E-state index contributed by atoms with van der Waals surface area (Å²) in [6, 6.07) is 0.110. The van der Waals surface area contributed by atoms with Crippen LogP contribution in [-0.4, -0.2) is 49.4 Å². The quantitative estimate of drug-likeness (QED) is 0.658. The molecular formula is C12H23N3O2. The van der Waals surface area contributed by atoms with E-state index in [1.807, 2.05) is 13.8 Å². The molecule has 17 heavy (non-hydrogen) atoms. The van der Waals surface area contributed by atoms with Gasteiger partial charge in [-0.05, 0) is 39.2 Å². The molecule has 2 amide bonds. The summed E-state index contributed by atoms with van der Waals surface area (Å²) in [6.45, 7) is 5.16. The highest BCUT2D eigenvalue weighted by Gasteiger charge is 2.21. The van der Waals surface area contributed by atoms with Crippen LogP contribution in [0.1, 0.15) is 26.7 Å². The van der Waals surface area contributed by atoms with Crippen LogP contribution in [0.15, 0.2) is 0 Å². The first kappa shape index (κ1) is 14.0. The second-order valence-corrected chi connectivity index (χ2v) is 5.05. The molecule has 0 radical (unpaired) electrons. The van der Waals surface area contributed by atoms with E-state index in [0.29, 0.717) is 6.54 Å². The molecule has 2 N–H and O–H groups in total. The van der Waals surface area contributed by atoms with E-state index in [0.717, 1.165) is 12.5 Å². The molecule has 0 saturated heterocycles. The Morgan fingerprint density at radius 3 is 2.53 bits per heavy atom. The Bertz CT molecular complexity index is 275. The van der Waals surface area contributed by atoms with E-state index in [1.54, 1.807) is 7.05 Å². The molecule has 1 rings (SSSR count). The highest BCUT2D eigenvalue weighted by atomic mass is 16.2. The fraction of sp³-hybridized carbons (Fsp3) is 0.833. The third kappa shape index (κ3) is 6.26. The smallest absolute Gasteiger partial charge is 0.239 e. The number of amides is 2. The Morgan fingerprint density at radius 1 is 1.35 bits per heavy atom. The number of nitrogens with one attached hydrogen (secondary N) is 2. The Kier molecular flexibility index (Phi) is 5.41. The minimum atomic E-state index is -0.113. The van der Waals surface area contributed by atoms with Crippen molar-refractivity contribution in [2.24, 2.45) is 5.92 Å². The number of carbonyl (C=O) groups excluding carboxylic acids is 2. The zero-order chi connectivity index (χ0) is 12.8. The van der Waals surface area contributed by atoms with E-state index in [2.05, 4.69) is 10.6 Å². The van der Waals surface area contributed by atoms with E-state index in [4.69, 9.17) is 0 Å². The summed E-state index contributed by atoms with van der Waals surface area (Å²) in [5, 5.41) is 5.88. The van der Waals surface area contributed by atoms with Crippen molar-refractivity contribution < 1.29 is 9.59 Å². The topological polar surface area (TPSA) is 61.4 Å². The van der Waals surface area contributed by atoms with Gasteiger partial charge in [0, 0.05) is 13.1 Å². The fourth-order valence-electron chi connectivity index (χ4n) is 1.51. The molecule has 5 nitrogen and oxygen atoms in total. The number of hydrogen-bond acceptors (Lipinski definition) is 3. The van der Waals surface area contributed by atoms with Gasteiger partial charge in [0.15, 0.2) is 0 Å². The van der Waals surface area contributed by atoms with Crippen molar-refractivity contribution in [1.29, 1.82) is 0 Å². The van der Waals surface area contributed by atoms with Crippen molar-refractivity contribution in [1.82, 2.24) is 15.5 Å². The molecular weight excluding hydrogens is 218 g/mol. The van der Waals surface area contributed by atoms with Gasteiger partial charge in [0.2, 0.25) is 11.8 Å². The standard InChI is InChI=1S/C12H23N3O2/c1-9(2)14-11(16)8-15(3)12(17)7-13-6-10-4-5-10/h9-10,13H,4-8H2,1-3H3,(H,14,16). The zero-order valence-electron chi connectivity index (χ0n) is 11.0. The van der Waals surface area contributed by atoms with Gasteiger partial charge in [0.05, 0.1) is 13.1 Å². The molecule has 5 heteroatoms. The third-order valence-corrected chi connectivity index (χ3v) is 2.66. The maximum absolute atomic E-state index is 11.6. The molecule has 1 fully saturated rings. The van der Waals surface area contributed by atoms with Crippen molar-refractivity contribution in [3.63, 3.8) is 0 Å². The van der Waals surface area contributed by atoms with E-state index in [-0.39, 0.29) is 24.4 Å². The van der Waals surface area contributed by atoms with E-state index in [1.165, 1.54) is 17.7 Å². The van der Waals surface area contributed by atoms with Crippen LogP contribution < -0.4 is 10.6 Å². The maximum atomic E-state index is 11.6. The molecule has 1 aliphatic carbocycles. The van der Waals surface area contributed by atoms with Gasteiger partial charge >= 0.3 is 0 Å². The highest BCUT2D eigenvalue weighted by molar-refractivity contribution is 5.85. The van der Waals surface area contributed by atoms with Crippen molar-refractivity contribution >= 4 is 11.8 Å². The molecule has 1 saturated carbocycles. The van der Waals surface area contributed by atoms with Gasteiger partial charge in [0.25, 0.3) is 0 Å². The van der Waals surface area contributed by atoms with Crippen molar-refractivity contribution in [2.75, 3.05) is 26.7 Å². The first-order chi connectivity index (χ1) is 7.99. The first-order valence-corrected chi connectivity index (χ1v) is 6.23. The molecule has 0 heterocycles. The molecule has 0 aliphatic heterocycles. The van der Waals surface area contributed by atoms with Crippen molar-refractivity contribution in [2.45, 2.75) is 32.7 Å². The highest BCUT2D eigenvalue weighted by Crippen LogP contribution is 2.27. The van der Waals surface area contributed by atoms with Gasteiger partial charge in [-0.3, -0.25) is 9.59 Å². The number of hydrogen-bond donors (Lipinski definition) is 2. The van der Waals surface area contributed by atoms with Crippen LogP contribution in [0.2, 0.25) is 0 Å². The molecule has 0 aromatic carbocycles. The second kappa shape index (κ2) is 6.59. The summed E-state index contributed by atoms with van der Waals surface area (Å²) in [5.41, 5.74) is 0. The van der Waals surface area contributed by atoms with Crippen LogP contribution in [-0.2, 0) is 9.59 Å². The lowest BCUT2D eigenvalue weighted by Gasteiger charge is -2.18. The van der Waals surface area contributed by atoms with Crippen LogP contribution in [0.3, 0.4) is 0 Å². The van der Waals surface area contributed by atoms with Gasteiger partial charge in [-0.1, -0.05) is 0 Å². The van der Waals surface area contributed by atoms with E-state index in [9.17, 15) is 9.59 Å². The van der Waals surface area contributed by atoms with Crippen LogP contribution in [0, 0.1) is 5.92 Å². The molecule has 0 atom stereocenters. The maximum Gasteiger partial charge on any atom is 0.239 e. The van der Waals surface area contributed by atoms with Gasteiger partial charge in [-0.15, -0.1) is 0 Å². The molecule has 0 aromatic rings. The average molecular weight is 241 g/mol. The summed E-state index contributed by atoms with van der Waals surface area (Å²) >= 11 is 0. The molecule has 0 bridgehead atoms. The fourth-order valence-corrected chi connectivity index (χ4v) is 1.51. The Balaban J connectivity index is 2.13. The summed E-state index contributed by atoms with van der Waals surface area (Å²) in [4.78, 5) is 24.5. The molecule has 1 aliphatic rings. The Morgan fingerprint density at radius 2 is 2.00 bits per heavy atom. The second-order valence-electron chi connectivity index (χ2n) is 5.05. The zero-order valence-corrected chi connectivity index (χ0v) is 11.0. The van der Waals surface area contributed by atoms with Crippen LogP contribution in [0.25, 0.3) is 0 Å². The van der Waals surface area contributed by atoms with Crippen molar-refractivity contribution in [3.8, 4) is 0 Å². The molecule has 0 spiro atoms. The molecule has 98 valence electrons. The average Bonchev–Trinajstić information content (AvgIpc) is 2.99. The lowest BCUT2D eigenvalue weighted by Crippen LogP contribution is -2.43. The predicted octanol–water partition coefficient (Wildman–Crippen LogP) is -0.0310. The number of rotatable bonds is 7. The van der Waals surface area contributed by atoms with Crippen LogP contribution in [0.5, 0.6) is 0 Å². The number of carbonyl (C=O) groups is 2. The monoisotopic (exact) mass is 241 g/mol. The van der Waals surface area contributed by atoms with E-state index < -0.39 is 0 Å². The number of nitrogens with zero attached hydrogens (tertiary/aromatic N) is 1. The summed E-state index contributed by atoms with van der Waals surface area (Å²) < 4.78 is 0. The SMILES string of the molecule is CC(C)NC(=O)CN(C)C(=O)CNCC1CC1.